The van der Waals surface area contributed by atoms with Gasteiger partial charge in [0.05, 0.1) is 6.04 Å². The maximum atomic E-state index is 3.54. The second kappa shape index (κ2) is 7.77. The SMILES string of the molecule is CCCCc1ccc(C(NC)c2ccc(Br)cc2C)cc1. The number of hydrogen-bond donors (Lipinski definition) is 1. The summed E-state index contributed by atoms with van der Waals surface area (Å²) in [4.78, 5) is 0. The monoisotopic (exact) mass is 345 g/mol. The predicted molar refractivity (Wildman–Crippen MR) is 94.8 cm³/mol. The molecule has 2 heteroatoms. The van der Waals surface area contributed by atoms with Crippen LogP contribution in [0.25, 0.3) is 0 Å². The first-order chi connectivity index (χ1) is 10.2. The molecule has 0 aromatic heterocycles. The third-order valence-corrected chi connectivity index (χ3v) is 4.46. The minimum atomic E-state index is 0.248. The maximum Gasteiger partial charge on any atom is 0.0576 e. The summed E-state index contributed by atoms with van der Waals surface area (Å²) in [6.45, 7) is 4.40. The van der Waals surface area contributed by atoms with E-state index in [2.05, 4.69) is 77.6 Å². The molecular formula is C19H24BrN. The van der Waals surface area contributed by atoms with Gasteiger partial charge in [-0.2, -0.15) is 0 Å². The molecule has 112 valence electrons. The van der Waals surface area contributed by atoms with Crippen LogP contribution < -0.4 is 5.32 Å². The number of aryl methyl sites for hydroxylation is 2. The van der Waals surface area contributed by atoms with Crippen LogP contribution in [0.5, 0.6) is 0 Å². The molecule has 0 saturated heterocycles. The first-order valence-corrected chi connectivity index (χ1v) is 8.47. The summed E-state index contributed by atoms with van der Waals surface area (Å²) in [7, 11) is 2.02. The molecule has 0 heterocycles. The Kier molecular flexibility index (Phi) is 6.01. The molecule has 0 aliphatic heterocycles. The number of halogens is 1. The third kappa shape index (κ3) is 4.18. The lowest BCUT2D eigenvalue weighted by Gasteiger charge is -2.20. The Morgan fingerprint density at radius 1 is 1.10 bits per heavy atom. The molecule has 0 aliphatic carbocycles. The molecule has 2 aromatic rings. The molecular weight excluding hydrogens is 322 g/mol. The largest absolute Gasteiger partial charge is 0.309 e. The lowest BCUT2D eigenvalue weighted by atomic mass is 9.94. The third-order valence-electron chi connectivity index (χ3n) is 3.96. The number of rotatable bonds is 6. The van der Waals surface area contributed by atoms with E-state index in [0.717, 1.165) is 4.47 Å². The molecule has 2 aromatic carbocycles. The van der Waals surface area contributed by atoms with Crippen LogP contribution in [0.3, 0.4) is 0 Å². The molecule has 1 nitrogen and oxygen atoms in total. The van der Waals surface area contributed by atoms with Gasteiger partial charge >= 0.3 is 0 Å². The van der Waals surface area contributed by atoms with Crippen molar-refractivity contribution in [2.75, 3.05) is 7.05 Å². The number of benzene rings is 2. The van der Waals surface area contributed by atoms with Crippen molar-refractivity contribution in [1.82, 2.24) is 5.32 Å². The zero-order valence-electron chi connectivity index (χ0n) is 13.1. The summed E-state index contributed by atoms with van der Waals surface area (Å²) >= 11 is 3.54. The average Bonchev–Trinajstić information content (AvgIpc) is 2.49. The van der Waals surface area contributed by atoms with Crippen molar-refractivity contribution >= 4 is 15.9 Å². The molecule has 0 fully saturated rings. The van der Waals surface area contributed by atoms with Gasteiger partial charge in [-0.3, -0.25) is 0 Å². The topological polar surface area (TPSA) is 12.0 Å². The Labute approximate surface area is 136 Å². The van der Waals surface area contributed by atoms with E-state index in [9.17, 15) is 0 Å². The van der Waals surface area contributed by atoms with Crippen molar-refractivity contribution in [3.05, 3.63) is 69.2 Å². The van der Waals surface area contributed by atoms with E-state index in [1.165, 1.54) is 41.5 Å². The zero-order valence-corrected chi connectivity index (χ0v) is 14.7. The van der Waals surface area contributed by atoms with Crippen LogP contribution >= 0.6 is 15.9 Å². The summed E-state index contributed by atoms with van der Waals surface area (Å²) in [5.41, 5.74) is 5.40. The van der Waals surface area contributed by atoms with Crippen molar-refractivity contribution in [1.29, 1.82) is 0 Å². The van der Waals surface area contributed by atoms with Gasteiger partial charge in [0.2, 0.25) is 0 Å². The van der Waals surface area contributed by atoms with Crippen molar-refractivity contribution in [3.8, 4) is 0 Å². The van der Waals surface area contributed by atoms with E-state index < -0.39 is 0 Å². The van der Waals surface area contributed by atoms with Gasteiger partial charge in [0, 0.05) is 4.47 Å². The minimum Gasteiger partial charge on any atom is -0.309 e. The lowest BCUT2D eigenvalue weighted by Crippen LogP contribution is -2.18. The van der Waals surface area contributed by atoms with E-state index in [4.69, 9.17) is 0 Å². The fraction of sp³-hybridized carbons (Fsp3) is 0.368. The Morgan fingerprint density at radius 3 is 2.38 bits per heavy atom. The fourth-order valence-corrected chi connectivity index (χ4v) is 3.20. The Hall–Kier alpha value is -1.12. The van der Waals surface area contributed by atoms with Gasteiger partial charge < -0.3 is 5.32 Å². The molecule has 0 spiro atoms. The van der Waals surface area contributed by atoms with E-state index in [1.54, 1.807) is 0 Å². The highest BCUT2D eigenvalue weighted by atomic mass is 79.9. The summed E-state index contributed by atoms with van der Waals surface area (Å²) in [6, 6.07) is 15.8. The Balaban J connectivity index is 2.24. The van der Waals surface area contributed by atoms with Gasteiger partial charge in [0.25, 0.3) is 0 Å². The molecule has 0 radical (unpaired) electrons. The first kappa shape index (κ1) is 16.3. The molecule has 2 rings (SSSR count). The van der Waals surface area contributed by atoms with Crippen molar-refractivity contribution in [2.24, 2.45) is 0 Å². The second-order valence-electron chi connectivity index (χ2n) is 5.57. The summed E-state index contributed by atoms with van der Waals surface area (Å²) in [5, 5.41) is 3.44. The van der Waals surface area contributed by atoms with Gasteiger partial charge in [-0.25, -0.2) is 0 Å². The molecule has 0 amide bonds. The Bertz CT molecular complexity index is 575. The van der Waals surface area contributed by atoms with Gasteiger partial charge in [0.1, 0.15) is 0 Å². The highest BCUT2D eigenvalue weighted by Gasteiger charge is 2.14. The Morgan fingerprint density at radius 2 is 1.81 bits per heavy atom. The van der Waals surface area contributed by atoms with Gasteiger partial charge in [-0.1, -0.05) is 59.6 Å². The van der Waals surface area contributed by atoms with Crippen molar-refractivity contribution in [3.63, 3.8) is 0 Å². The molecule has 21 heavy (non-hydrogen) atoms. The molecule has 1 unspecified atom stereocenters. The molecule has 0 saturated carbocycles. The van der Waals surface area contributed by atoms with Crippen LogP contribution in [0.4, 0.5) is 0 Å². The van der Waals surface area contributed by atoms with Crippen LogP contribution in [-0.2, 0) is 6.42 Å². The number of hydrogen-bond acceptors (Lipinski definition) is 1. The van der Waals surface area contributed by atoms with E-state index in [1.807, 2.05) is 7.05 Å². The smallest absolute Gasteiger partial charge is 0.0576 e. The summed E-state index contributed by atoms with van der Waals surface area (Å²) in [6.07, 6.45) is 3.69. The maximum absolute atomic E-state index is 3.54. The van der Waals surface area contributed by atoms with Crippen LogP contribution in [0.15, 0.2) is 46.9 Å². The second-order valence-corrected chi connectivity index (χ2v) is 6.48. The van der Waals surface area contributed by atoms with Crippen LogP contribution in [0, 0.1) is 6.92 Å². The van der Waals surface area contributed by atoms with Crippen molar-refractivity contribution < 1.29 is 0 Å². The lowest BCUT2D eigenvalue weighted by molar-refractivity contribution is 0.686. The van der Waals surface area contributed by atoms with Gasteiger partial charge in [0.15, 0.2) is 0 Å². The van der Waals surface area contributed by atoms with Gasteiger partial charge in [-0.05, 0) is 61.2 Å². The molecule has 1 atom stereocenters. The quantitative estimate of drug-likeness (QED) is 0.737. The number of nitrogens with one attached hydrogen (secondary N) is 1. The van der Waals surface area contributed by atoms with Crippen LogP contribution in [-0.4, -0.2) is 7.05 Å². The number of unbranched alkanes of at least 4 members (excludes halogenated alkanes) is 1. The summed E-state index contributed by atoms with van der Waals surface area (Å²) in [5.74, 6) is 0. The van der Waals surface area contributed by atoms with Crippen LogP contribution in [0.1, 0.15) is 48.1 Å². The first-order valence-electron chi connectivity index (χ1n) is 7.68. The molecule has 0 bridgehead atoms. The molecule has 1 N–H and O–H groups in total. The standard InChI is InChI=1S/C19H24BrN/c1-4-5-6-15-7-9-16(10-8-15)19(21-3)18-12-11-17(20)13-14(18)2/h7-13,19,21H,4-6H2,1-3H3. The minimum absolute atomic E-state index is 0.248. The average molecular weight is 346 g/mol. The summed E-state index contributed by atoms with van der Waals surface area (Å²) < 4.78 is 1.13. The highest BCUT2D eigenvalue weighted by molar-refractivity contribution is 9.10. The van der Waals surface area contributed by atoms with E-state index in [0.29, 0.717) is 0 Å². The zero-order chi connectivity index (χ0) is 15.2. The van der Waals surface area contributed by atoms with Gasteiger partial charge in [-0.15, -0.1) is 0 Å². The normalized spacial score (nSPS) is 12.4. The predicted octanol–water partition coefficient (Wildman–Crippen LogP) is 5.41. The van der Waals surface area contributed by atoms with E-state index in [-0.39, 0.29) is 6.04 Å². The fourth-order valence-electron chi connectivity index (χ4n) is 2.72. The molecule has 0 aliphatic rings. The van der Waals surface area contributed by atoms with E-state index >= 15 is 0 Å². The van der Waals surface area contributed by atoms with Crippen molar-refractivity contribution in [2.45, 2.75) is 39.2 Å². The highest BCUT2D eigenvalue weighted by Crippen LogP contribution is 2.27. The van der Waals surface area contributed by atoms with Crippen LogP contribution in [0.2, 0.25) is 0 Å².